The summed E-state index contributed by atoms with van der Waals surface area (Å²) in [6.07, 6.45) is 1.98. The lowest BCUT2D eigenvalue weighted by molar-refractivity contribution is -0.141. The van der Waals surface area contributed by atoms with Crippen molar-refractivity contribution < 1.29 is 18.0 Å². The van der Waals surface area contributed by atoms with Crippen LogP contribution < -0.4 is 5.32 Å². The van der Waals surface area contributed by atoms with Gasteiger partial charge in [0.25, 0.3) is 0 Å². The monoisotopic (exact) mass is 569 g/mol. The van der Waals surface area contributed by atoms with Crippen LogP contribution in [-0.4, -0.2) is 55.6 Å². The summed E-state index contributed by atoms with van der Waals surface area (Å²) < 4.78 is 27.5. The minimum atomic E-state index is -3.93. The minimum absolute atomic E-state index is 0.0512. The molecule has 0 saturated heterocycles. The van der Waals surface area contributed by atoms with Gasteiger partial charge in [-0.3, -0.25) is 9.59 Å². The molecule has 0 radical (unpaired) electrons. The molecule has 0 unspecified atom stereocenters. The van der Waals surface area contributed by atoms with Crippen molar-refractivity contribution in [2.75, 3.05) is 20.1 Å². The quantitative estimate of drug-likeness (QED) is 0.299. The first-order valence-corrected chi connectivity index (χ1v) is 14.8. The van der Waals surface area contributed by atoms with Crippen molar-refractivity contribution >= 4 is 33.4 Å². The zero-order valence-corrected chi connectivity index (χ0v) is 24.2. The molecule has 0 saturated carbocycles. The molecule has 1 atom stereocenters. The Morgan fingerprint density at radius 1 is 0.949 bits per heavy atom. The first-order chi connectivity index (χ1) is 18.6. The molecule has 0 aliphatic carbocycles. The molecule has 208 valence electrons. The zero-order chi connectivity index (χ0) is 28.4. The van der Waals surface area contributed by atoms with Gasteiger partial charge in [-0.2, -0.15) is 4.31 Å². The van der Waals surface area contributed by atoms with E-state index in [9.17, 15) is 18.0 Å². The summed E-state index contributed by atoms with van der Waals surface area (Å²) in [6.45, 7) is 4.00. The number of carbonyl (C=O) groups excluding carboxylic acids is 2. The van der Waals surface area contributed by atoms with Gasteiger partial charge in [0, 0.05) is 31.6 Å². The molecule has 0 bridgehead atoms. The maximum Gasteiger partial charge on any atom is 0.243 e. The molecular weight excluding hydrogens is 534 g/mol. The number of unbranched alkanes of at least 4 members (excludes halogenated alkanes) is 1. The lowest BCUT2D eigenvalue weighted by atomic mass is 10.0. The predicted molar refractivity (Wildman–Crippen MR) is 155 cm³/mol. The van der Waals surface area contributed by atoms with E-state index in [1.165, 1.54) is 24.1 Å². The van der Waals surface area contributed by atoms with Gasteiger partial charge in [-0.15, -0.1) is 0 Å². The van der Waals surface area contributed by atoms with Gasteiger partial charge in [-0.25, -0.2) is 8.42 Å². The number of nitrogens with one attached hydrogen (secondary N) is 1. The van der Waals surface area contributed by atoms with Crippen LogP contribution in [0.15, 0.2) is 83.8 Å². The number of halogens is 1. The van der Waals surface area contributed by atoms with Gasteiger partial charge in [0.05, 0.1) is 11.4 Å². The van der Waals surface area contributed by atoms with Gasteiger partial charge >= 0.3 is 0 Å². The van der Waals surface area contributed by atoms with E-state index in [-0.39, 0.29) is 23.8 Å². The first-order valence-electron chi connectivity index (χ1n) is 13.0. The fourth-order valence-corrected chi connectivity index (χ4v) is 5.44. The Morgan fingerprint density at radius 2 is 1.59 bits per heavy atom. The summed E-state index contributed by atoms with van der Waals surface area (Å²) in [5.74, 6) is -0.795. The molecule has 1 N–H and O–H groups in total. The van der Waals surface area contributed by atoms with Crippen molar-refractivity contribution in [1.29, 1.82) is 0 Å². The summed E-state index contributed by atoms with van der Waals surface area (Å²) in [5.41, 5.74) is 2.47. The lowest BCUT2D eigenvalue weighted by Gasteiger charge is -2.33. The van der Waals surface area contributed by atoms with Gasteiger partial charge in [0.1, 0.15) is 6.04 Å². The molecular formula is C30H36ClN3O4S. The Morgan fingerprint density at radius 3 is 2.23 bits per heavy atom. The summed E-state index contributed by atoms with van der Waals surface area (Å²) in [6, 6.07) is 22.2. The Labute approximate surface area is 236 Å². The molecule has 0 aliphatic heterocycles. The van der Waals surface area contributed by atoms with Crippen molar-refractivity contribution in [3.05, 3.63) is 101 Å². The van der Waals surface area contributed by atoms with Crippen LogP contribution in [0.1, 0.15) is 36.5 Å². The number of benzene rings is 3. The SMILES string of the molecule is CCCCNC(=O)[C@@H](Cc1ccccc1)N(Cc1ccccc1Cl)C(=O)CN(C)S(=O)(=O)c1ccc(C)cc1. The number of sulfonamides is 1. The molecule has 0 spiro atoms. The smallest absolute Gasteiger partial charge is 0.243 e. The second-order valence-electron chi connectivity index (χ2n) is 9.54. The highest BCUT2D eigenvalue weighted by atomic mass is 35.5. The van der Waals surface area contributed by atoms with Crippen molar-refractivity contribution in [3.63, 3.8) is 0 Å². The number of likely N-dealkylation sites (N-methyl/N-ethyl adjacent to an activating group) is 1. The van der Waals surface area contributed by atoms with Crippen molar-refractivity contribution in [1.82, 2.24) is 14.5 Å². The van der Waals surface area contributed by atoms with Crippen molar-refractivity contribution in [3.8, 4) is 0 Å². The van der Waals surface area contributed by atoms with Gasteiger partial charge < -0.3 is 10.2 Å². The minimum Gasteiger partial charge on any atom is -0.354 e. The number of hydrogen-bond donors (Lipinski definition) is 1. The van der Waals surface area contributed by atoms with Crippen LogP contribution in [-0.2, 0) is 32.6 Å². The predicted octanol–water partition coefficient (Wildman–Crippen LogP) is 4.83. The highest BCUT2D eigenvalue weighted by Crippen LogP contribution is 2.22. The number of carbonyl (C=O) groups is 2. The normalized spacial score (nSPS) is 12.2. The summed E-state index contributed by atoms with van der Waals surface area (Å²) in [7, 11) is -2.56. The van der Waals surface area contributed by atoms with E-state index in [0.29, 0.717) is 17.1 Å². The molecule has 0 fully saturated rings. The lowest BCUT2D eigenvalue weighted by Crippen LogP contribution is -2.53. The highest BCUT2D eigenvalue weighted by molar-refractivity contribution is 7.89. The molecule has 2 amide bonds. The van der Waals surface area contributed by atoms with Crippen molar-refractivity contribution in [2.24, 2.45) is 0 Å². The Hall–Kier alpha value is -3.20. The van der Waals surface area contributed by atoms with E-state index in [0.717, 1.165) is 28.3 Å². The molecule has 39 heavy (non-hydrogen) atoms. The van der Waals surface area contributed by atoms with Crippen LogP contribution in [0.25, 0.3) is 0 Å². The standard InChI is InChI=1S/C30H36ClN3O4S/c1-4-5-19-32-30(36)28(20-24-11-7-6-8-12-24)34(21-25-13-9-10-14-27(25)31)29(35)22-33(3)39(37,38)26-17-15-23(2)16-18-26/h6-18,28H,4-5,19-22H2,1-3H3,(H,32,36)/t28-/m1/s1. The average molecular weight is 570 g/mol. The van der Waals surface area contributed by atoms with Crippen LogP contribution in [0.4, 0.5) is 0 Å². The van der Waals surface area contributed by atoms with E-state index < -0.39 is 28.5 Å². The summed E-state index contributed by atoms with van der Waals surface area (Å²) in [5, 5.41) is 3.42. The van der Waals surface area contributed by atoms with Crippen molar-refractivity contribution in [2.45, 2.75) is 50.6 Å². The molecule has 9 heteroatoms. The van der Waals surface area contributed by atoms with Gasteiger partial charge in [-0.1, -0.05) is 91.2 Å². The van der Waals surface area contributed by atoms with Gasteiger partial charge in [-0.05, 0) is 42.7 Å². The third kappa shape index (κ3) is 8.39. The molecule has 3 aromatic carbocycles. The maximum absolute atomic E-state index is 13.9. The second-order valence-corrected chi connectivity index (χ2v) is 12.0. The number of aryl methyl sites for hydroxylation is 1. The summed E-state index contributed by atoms with van der Waals surface area (Å²) in [4.78, 5) is 28.9. The topological polar surface area (TPSA) is 86.8 Å². The fraction of sp³-hybridized carbons (Fsp3) is 0.333. The Kier molecular flexibility index (Phi) is 11.1. The van der Waals surface area contributed by atoms with E-state index in [1.54, 1.807) is 30.3 Å². The first kappa shape index (κ1) is 30.3. The largest absolute Gasteiger partial charge is 0.354 e. The number of nitrogens with zero attached hydrogens (tertiary/aromatic N) is 2. The Bertz CT molecular complexity index is 1350. The fourth-order valence-electron chi connectivity index (χ4n) is 4.13. The van der Waals surface area contributed by atoms with E-state index in [1.807, 2.05) is 50.2 Å². The molecule has 0 heterocycles. The number of amides is 2. The molecule has 3 aromatic rings. The Balaban J connectivity index is 1.96. The third-order valence-electron chi connectivity index (χ3n) is 6.49. The van der Waals surface area contributed by atoms with E-state index in [2.05, 4.69) is 5.32 Å². The van der Waals surface area contributed by atoms with E-state index in [4.69, 9.17) is 11.6 Å². The van der Waals surface area contributed by atoms with Crippen LogP contribution in [0.5, 0.6) is 0 Å². The molecule has 7 nitrogen and oxygen atoms in total. The van der Waals surface area contributed by atoms with Gasteiger partial charge in [0.15, 0.2) is 0 Å². The molecule has 0 aliphatic rings. The van der Waals surface area contributed by atoms with Crippen LogP contribution in [0.3, 0.4) is 0 Å². The van der Waals surface area contributed by atoms with E-state index >= 15 is 0 Å². The van der Waals surface area contributed by atoms with Crippen LogP contribution in [0.2, 0.25) is 5.02 Å². The van der Waals surface area contributed by atoms with Crippen LogP contribution in [0, 0.1) is 6.92 Å². The average Bonchev–Trinajstić information content (AvgIpc) is 2.92. The number of hydrogen-bond acceptors (Lipinski definition) is 4. The maximum atomic E-state index is 13.9. The second kappa shape index (κ2) is 14.3. The highest BCUT2D eigenvalue weighted by Gasteiger charge is 2.33. The molecule has 3 rings (SSSR count). The third-order valence-corrected chi connectivity index (χ3v) is 8.67. The molecule has 0 aromatic heterocycles. The summed E-state index contributed by atoms with van der Waals surface area (Å²) >= 11 is 6.45. The van der Waals surface area contributed by atoms with Crippen LogP contribution >= 0.6 is 11.6 Å². The van der Waals surface area contributed by atoms with Gasteiger partial charge in [0.2, 0.25) is 21.8 Å². The zero-order valence-electron chi connectivity index (χ0n) is 22.6. The number of rotatable bonds is 13.